The van der Waals surface area contributed by atoms with Gasteiger partial charge in [-0.15, -0.1) is 0 Å². The zero-order chi connectivity index (χ0) is 20.5. The van der Waals surface area contributed by atoms with Crippen LogP contribution in [0.25, 0.3) is 17.1 Å². The van der Waals surface area contributed by atoms with E-state index < -0.39 is 0 Å². The zero-order valence-electron chi connectivity index (χ0n) is 16.1. The standard InChI is InChI=1S/C24H18N4O2/c25-18-9-4-8-17(13-18)22-15-28-23(20(26-22)12-16-6-2-1-3-7-16)27-21(24(28)29)14-19-10-5-11-30-19/h1-4,6-10,13,15,26H,12,14,25H2. The smallest absolute Gasteiger partial charge is 0.278 e. The Kier molecular flexibility index (Phi) is 4.34. The first-order valence-corrected chi connectivity index (χ1v) is 9.57. The number of hydrogen-bond donors (Lipinski definition) is 2. The number of hydrogen-bond acceptors (Lipinski definition) is 4. The van der Waals surface area contributed by atoms with Gasteiger partial charge in [-0.25, -0.2) is 4.98 Å². The summed E-state index contributed by atoms with van der Waals surface area (Å²) in [6, 6.07) is 22.0. The quantitative estimate of drug-likeness (QED) is 0.446. The number of rotatable bonds is 5. The lowest BCUT2D eigenvalue weighted by Gasteiger charge is -2.13. The van der Waals surface area contributed by atoms with Crippen molar-refractivity contribution >= 4 is 5.69 Å². The van der Waals surface area contributed by atoms with Crippen molar-refractivity contribution in [3.63, 3.8) is 0 Å². The molecule has 0 amide bonds. The van der Waals surface area contributed by atoms with Gasteiger partial charge in [-0.3, -0.25) is 9.36 Å². The molecule has 6 heteroatoms. The normalized spacial score (nSPS) is 10.9. The number of aromatic amines is 1. The molecule has 146 valence electrons. The maximum atomic E-state index is 13.1. The predicted molar refractivity (Wildman–Crippen MR) is 114 cm³/mol. The predicted octanol–water partition coefficient (Wildman–Crippen LogP) is 3.62. The maximum absolute atomic E-state index is 13.1. The Morgan fingerprint density at radius 3 is 2.73 bits per heavy atom. The number of fused-ring (bicyclic) bond motifs is 1. The number of anilines is 1. The second-order valence-corrected chi connectivity index (χ2v) is 7.13. The second kappa shape index (κ2) is 7.30. The van der Waals surface area contributed by atoms with Crippen LogP contribution in [0.15, 0.2) is 76.1 Å². The lowest BCUT2D eigenvalue weighted by atomic mass is 10.1. The molecule has 5 rings (SSSR count). The van der Waals surface area contributed by atoms with Crippen molar-refractivity contribution in [3.05, 3.63) is 112 Å². The van der Waals surface area contributed by atoms with E-state index in [-0.39, 0.29) is 5.56 Å². The van der Waals surface area contributed by atoms with Gasteiger partial charge in [0.1, 0.15) is 17.7 Å². The number of H-pyrrole nitrogens is 1. The van der Waals surface area contributed by atoms with Crippen molar-refractivity contribution in [2.45, 2.75) is 12.8 Å². The minimum Gasteiger partial charge on any atom is -0.411 e. The van der Waals surface area contributed by atoms with Gasteiger partial charge in [0, 0.05) is 29.9 Å². The van der Waals surface area contributed by atoms with E-state index >= 15 is 0 Å². The summed E-state index contributed by atoms with van der Waals surface area (Å²) in [6.07, 6.45) is 5.20. The average Bonchev–Trinajstić information content (AvgIpc) is 3.38. The molecule has 0 saturated carbocycles. The summed E-state index contributed by atoms with van der Waals surface area (Å²) in [4.78, 5) is 21.2. The van der Waals surface area contributed by atoms with Gasteiger partial charge in [0.2, 0.25) is 0 Å². The van der Waals surface area contributed by atoms with E-state index in [0.29, 0.717) is 35.8 Å². The summed E-state index contributed by atoms with van der Waals surface area (Å²) >= 11 is 0. The van der Waals surface area contributed by atoms with Crippen molar-refractivity contribution in [2.24, 2.45) is 0 Å². The third-order valence-electron chi connectivity index (χ3n) is 4.99. The van der Waals surface area contributed by atoms with Gasteiger partial charge in [0.25, 0.3) is 5.56 Å². The molecule has 0 unspecified atom stereocenters. The van der Waals surface area contributed by atoms with E-state index in [1.165, 1.54) is 0 Å². The van der Waals surface area contributed by atoms with Gasteiger partial charge in [0.05, 0.1) is 17.8 Å². The van der Waals surface area contributed by atoms with Crippen molar-refractivity contribution < 1.29 is 4.42 Å². The second-order valence-electron chi connectivity index (χ2n) is 7.13. The highest BCUT2D eigenvalue weighted by atomic mass is 16.3. The van der Waals surface area contributed by atoms with Crippen LogP contribution in [-0.4, -0.2) is 14.5 Å². The topological polar surface area (TPSA) is 89.8 Å². The molecule has 0 atom stereocenters. The molecular weight excluding hydrogens is 376 g/mol. The van der Waals surface area contributed by atoms with Gasteiger partial charge in [-0.1, -0.05) is 42.5 Å². The summed E-state index contributed by atoms with van der Waals surface area (Å²) in [5, 5.41) is 0. The monoisotopic (exact) mass is 394 g/mol. The summed E-state index contributed by atoms with van der Waals surface area (Å²) in [5.41, 5.74) is 10.5. The number of nitrogen functional groups attached to an aromatic ring is 1. The van der Waals surface area contributed by atoms with Crippen LogP contribution in [0.1, 0.15) is 22.7 Å². The van der Waals surface area contributed by atoms with Crippen molar-refractivity contribution in [1.29, 1.82) is 0 Å². The Balaban J connectivity index is 1.67. The number of nitrogens with two attached hydrogens (primary N) is 1. The third kappa shape index (κ3) is 3.33. The Morgan fingerprint density at radius 2 is 1.97 bits per heavy atom. The molecule has 0 spiro atoms. The average molecular weight is 394 g/mol. The first-order chi connectivity index (χ1) is 14.7. The van der Waals surface area contributed by atoms with E-state index in [1.807, 2.05) is 54.6 Å². The minimum absolute atomic E-state index is 0.171. The van der Waals surface area contributed by atoms with Crippen molar-refractivity contribution in [2.75, 3.05) is 5.73 Å². The summed E-state index contributed by atoms with van der Waals surface area (Å²) in [5.74, 6) is 1.20. The highest BCUT2D eigenvalue weighted by Crippen LogP contribution is 2.24. The van der Waals surface area contributed by atoms with Crippen LogP contribution in [0.3, 0.4) is 0 Å². The number of aromatic nitrogens is 3. The molecule has 3 aromatic rings. The van der Waals surface area contributed by atoms with Crippen molar-refractivity contribution in [1.82, 2.24) is 14.5 Å². The number of benzene rings is 2. The van der Waals surface area contributed by atoms with Crippen LogP contribution < -0.4 is 11.3 Å². The fraction of sp³-hybridized carbons (Fsp3) is 0.0833. The Labute approximate surface area is 173 Å². The Hall–Kier alpha value is -4.24. The van der Waals surface area contributed by atoms with Crippen LogP contribution >= 0.6 is 0 Å². The summed E-state index contributed by atoms with van der Waals surface area (Å²) in [7, 11) is 0. The minimum atomic E-state index is -0.171. The molecule has 30 heavy (non-hydrogen) atoms. The van der Waals surface area contributed by atoms with Crippen LogP contribution in [0.2, 0.25) is 0 Å². The van der Waals surface area contributed by atoms with Crippen LogP contribution in [0.4, 0.5) is 5.69 Å². The maximum Gasteiger partial charge on any atom is 0.278 e. The Bertz CT molecular complexity index is 1320. The van der Waals surface area contributed by atoms with E-state index in [0.717, 1.165) is 22.5 Å². The molecule has 6 nitrogen and oxygen atoms in total. The molecule has 2 aromatic carbocycles. The lowest BCUT2D eigenvalue weighted by molar-refractivity contribution is 0.516. The SMILES string of the molecule is Nc1cccc(-c2cn3c(=O)c(Cc4cc#co4)nc-3c(Cc3ccccc3)[nH]2)c1. The molecule has 3 heterocycles. The highest BCUT2D eigenvalue weighted by Gasteiger charge is 2.21. The van der Waals surface area contributed by atoms with Gasteiger partial charge in [-0.2, -0.15) is 0 Å². The van der Waals surface area contributed by atoms with Crippen LogP contribution in [0.5, 0.6) is 0 Å². The number of nitrogens with zero attached hydrogens (tertiary/aromatic N) is 2. The first kappa shape index (κ1) is 17.8. The molecule has 0 bridgehead atoms. The summed E-state index contributed by atoms with van der Waals surface area (Å²) < 4.78 is 6.83. The molecule has 0 radical (unpaired) electrons. The molecule has 0 fully saturated rings. The van der Waals surface area contributed by atoms with Crippen molar-refractivity contribution in [3.8, 4) is 17.1 Å². The largest absolute Gasteiger partial charge is 0.411 e. The zero-order valence-corrected chi connectivity index (χ0v) is 16.1. The molecule has 2 aliphatic rings. The molecule has 1 aromatic heterocycles. The van der Waals surface area contributed by atoms with Crippen LogP contribution in [-0.2, 0) is 12.8 Å². The molecular formula is C24H18N4O2. The van der Waals surface area contributed by atoms with E-state index in [2.05, 4.69) is 22.3 Å². The third-order valence-corrected chi connectivity index (χ3v) is 4.99. The van der Waals surface area contributed by atoms with E-state index in [1.54, 1.807) is 16.8 Å². The fourth-order valence-electron chi connectivity index (χ4n) is 3.56. The number of nitrogens with one attached hydrogen (secondary N) is 1. The number of imidazole rings is 1. The molecule has 3 N–H and O–H groups in total. The molecule has 0 saturated heterocycles. The van der Waals surface area contributed by atoms with Gasteiger partial charge in [0.15, 0.2) is 5.82 Å². The fourth-order valence-corrected chi connectivity index (χ4v) is 3.56. The molecule has 0 aliphatic carbocycles. The lowest BCUT2D eigenvalue weighted by Crippen LogP contribution is -2.17. The highest BCUT2D eigenvalue weighted by molar-refractivity contribution is 5.64. The van der Waals surface area contributed by atoms with E-state index in [9.17, 15) is 4.79 Å². The van der Waals surface area contributed by atoms with E-state index in [4.69, 9.17) is 10.2 Å². The summed E-state index contributed by atoms with van der Waals surface area (Å²) in [6.45, 7) is 0. The Morgan fingerprint density at radius 1 is 1.10 bits per heavy atom. The first-order valence-electron chi connectivity index (χ1n) is 9.57. The van der Waals surface area contributed by atoms with Gasteiger partial charge < -0.3 is 15.1 Å². The van der Waals surface area contributed by atoms with Crippen LogP contribution in [0, 0.1) is 12.3 Å². The van der Waals surface area contributed by atoms with Gasteiger partial charge in [-0.05, 0) is 23.8 Å². The molecule has 2 aliphatic heterocycles. The van der Waals surface area contributed by atoms with Gasteiger partial charge >= 0.3 is 0 Å².